The van der Waals surface area contributed by atoms with Gasteiger partial charge in [0.1, 0.15) is 6.04 Å². The van der Waals surface area contributed by atoms with Crippen LogP contribution in [0.25, 0.3) is 11.1 Å². The van der Waals surface area contributed by atoms with E-state index in [-0.39, 0.29) is 40.8 Å². The number of guanidine groups is 1. The van der Waals surface area contributed by atoms with E-state index in [4.69, 9.17) is 34.5 Å². The number of nitrogens with two attached hydrogens (primary N) is 4. The zero-order chi connectivity index (χ0) is 34.6. The van der Waals surface area contributed by atoms with E-state index in [2.05, 4.69) is 49.4 Å². The average Bonchev–Trinajstić information content (AvgIpc) is 3.08. The Bertz CT molecular complexity index is 1600. The second-order valence-corrected chi connectivity index (χ2v) is 11.9. The van der Waals surface area contributed by atoms with Crippen molar-refractivity contribution in [3.63, 3.8) is 0 Å². The number of hydrogen-bond acceptors (Lipinski definition) is 10. The van der Waals surface area contributed by atoms with Crippen LogP contribution in [0.15, 0.2) is 53.5 Å². The number of carbonyl (C=O) groups excluding carboxylic acids is 2. The molecule has 3 aromatic rings. The molecule has 10 N–H and O–H groups in total. The van der Waals surface area contributed by atoms with Gasteiger partial charge in [0.2, 0.25) is 5.91 Å². The molecule has 0 aliphatic carbocycles. The quantitative estimate of drug-likeness (QED) is 0.0819. The minimum Gasteiger partial charge on any atom is -0.480 e. The molecule has 1 aromatic heterocycles. The lowest BCUT2D eigenvalue weighted by atomic mass is 9.99. The maximum Gasteiger partial charge on any atom is 0.327 e. The van der Waals surface area contributed by atoms with Crippen LogP contribution < -0.4 is 28.3 Å². The second-order valence-electron chi connectivity index (χ2n) is 11.6. The largest absolute Gasteiger partial charge is 0.480 e. The first-order valence-electron chi connectivity index (χ1n) is 15.9. The molecule has 0 unspecified atom stereocenters. The molecule has 1 aliphatic rings. The Morgan fingerprint density at radius 3 is 2.19 bits per heavy atom. The van der Waals surface area contributed by atoms with Gasteiger partial charge in [-0.2, -0.15) is 0 Å². The van der Waals surface area contributed by atoms with Gasteiger partial charge in [0.25, 0.3) is 5.91 Å². The number of amides is 2. The number of nitrogens with one attached hydrogen (secondary N) is 1. The van der Waals surface area contributed by atoms with Crippen molar-refractivity contribution >= 4 is 47.0 Å². The highest BCUT2D eigenvalue weighted by Gasteiger charge is 2.34. The lowest BCUT2D eigenvalue weighted by molar-refractivity contribution is -0.153. The number of benzene rings is 2. The summed E-state index contributed by atoms with van der Waals surface area (Å²) in [5.41, 5.74) is 26.8. The van der Waals surface area contributed by atoms with Crippen molar-refractivity contribution in [2.75, 3.05) is 50.7 Å². The van der Waals surface area contributed by atoms with Crippen LogP contribution in [0.5, 0.6) is 0 Å². The molecule has 0 saturated carbocycles. The fourth-order valence-corrected chi connectivity index (χ4v) is 5.58. The van der Waals surface area contributed by atoms with Crippen molar-refractivity contribution in [3.05, 3.63) is 70.5 Å². The average molecular weight is 679 g/mol. The van der Waals surface area contributed by atoms with Crippen molar-refractivity contribution < 1.29 is 19.5 Å². The van der Waals surface area contributed by atoms with Gasteiger partial charge >= 0.3 is 5.97 Å². The van der Waals surface area contributed by atoms with Crippen molar-refractivity contribution in [3.8, 4) is 11.1 Å². The standard InChI is InChI=1S/C33H43ClN10O4/c34-28-30(37)41-29(36)27(40-28)31(46)42-33(38)39-16-2-1-4-21-5-10-23(11-6-21)24-12-7-22(8-13-24)9-14-26(45)44-19-18-43(17-3-15-35)20-25(44)32(47)48/h5-8,10-13,25H,1-4,9,14-20,35H2,(H,47,48)(H4,36,37,41)(H3,38,39,42,46)/t25-/m0/s1. The number of carboxylic acids is 1. The number of halogens is 1. The summed E-state index contributed by atoms with van der Waals surface area (Å²) >= 11 is 5.82. The number of nitrogen functional groups attached to an aromatic ring is 2. The molecule has 1 aliphatic heterocycles. The van der Waals surface area contributed by atoms with Crippen LogP contribution in [-0.2, 0) is 22.4 Å². The summed E-state index contributed by atoms with van der Waals surface area (Å²) in [5, 5.41) is 12.0. The number of piperazine rings is 1. The normalized spacial score (nSPS) is 15.3. The number of hydrogen-bond donors (Lipinski definition) is 6. The van der Waals surface area contributed by atoms with Gasteiger partial charge in [-0.25, -0.2) is 14.8 Å². The lowest BCUT2D eigenvalue weighted by Crippen LogP contribution is -2.58. The van der Waals surface area contributed by atoms with E-state index in [9.17, 15) is 19.5 Å². The molecule has 4 rings (SSSR count). The number of nitrogens with zero attached hydrogens (tertiary/aromatic N) is 5. The third-order valence-corrected chi connectivity index (χ3v) is 8.41. The molecule has 256 valence electrons. The minimum absolute atomic E-state index is 0.0595. The zero-order valence-corrected chi connectivity index (χ0v) is 27.5. The number of carbonyl (C=O) groups is 3. The molecule has 2 heterocycles. The van der Waals surface area contributed by atoms with Gasteiger partial charge in [-0.05, 0) is 67.4 Å². The molecule has 2 aromatic carbocycles. The number of aryl methyl sites for hydroxylation is 2. The SMILES string of the molecule is NCCCN1CCN(C(=O)CCc2ccc(-c3ccc(CCCCN=C(N)NC(=O)c4nc(Cl)c(N)nc4N)cc3)cc2)[C@H](C(=O)O)C1. The molecule has 48 heavy (non-hydrogen) atoms. The Morgan fingerprint density at radius 1 is 0.917 bits per heavy atom. The number of carboxylic acid groups (broad SMARTS) is 1. The summed E-state index contributed by atoms with van der Waals surface area (Å²) in [6.07, 6.45) is 4.10. The first kappa shape index (κ1) is 36.1. The molecule has 15 heteroatoms. The predicted octanol–water partition coefficient (Wildman–Crippen LogP) is 1.91. The van der Waals surface area contributed by atoms with Gasteiger partial charge in [-0.3, -0.25) is 24.8 Å². The molecular formula is C33H43ClN10O4. The van der Waals surface area contributed by atoms with E-state index in [0.717, 1.165) is 48.9 Å². The number of aliphatic imine (C=N–C) groups is 1. The van der Waals surface area contributed by atoms with Gasteiger partial charge in [0.15, 0.2) is 28.4 Å². The molecule has 0 spiro atoms. The van der Waals surface area contributed by atoms with E-state index in [1.165, 1.54) is 10.5 Å². The molecule has 2 amide bonds. The highest BCUT2D eigenvalue weighted by Crippen LogP contribution is 2.22. The Labute approximate surface area is 284 Å². The zero-order valence-electron chi connectivity index (χ0n) is 26.8. The Morgan fingerprint density at radius 2 is 1.56 bits per heavy atom. The van der Waals surface area contributed by atoms with Crippen LogP contribution in [0.3, 0.4) is 0 Å². The molecule has 14 nitrogen and oxygen atoms in total. The second kappa shape index (κ2) is 17.4. The first-order valence-corrected chi connectivity index (χ1v) is 16.3. The van der Waals surface area contributed by atoms with Gasteiger partial charge < -0.3 is 32.9 Å². The van der Waals surface area contributed by atoms with Gasteiger partial charge in [-0.1, -0.05) is 60.1 Å². The third kappa shape index (κ3) is 10.1. The van der Waals surface area contributed by atoms with E-state index in [0.29, 0.717) is 39.1 Å². The van der Waals surface area contributed by atoms with Gasteiger partial charge in [0, 0.05) is 32.6 Å². The molecule has 1 saturated heterocycles. The predicted molar refractivity (Wildman–Crippen MR) is 186 cm³/mol. The maximum absolute atomic E-state index is 13.0. The highest BCUT2D eigenvalue weighted by atomic mass is 35.5. The summed E-state index contributed by atoms with van der Waals surface area (Å²) in [5.74, 6) is -2.08. The minimum atomic E-state index is -0.973. The fraction of sp³-hybridized carbons (Fsp3) is 0.394. The summed E-state index contributed by atoms with van der Waals surface area (Å²) in [7, 11) is 0. The van der Waals surface area contributed by atoms with Crippen LogP contribution >= 0.6 is 11.6 Å². The number of aromatic nitrogens is 2. The van der Waals surface area contributed by atoms with Gasteiger partial charge in [0.05, 0.1) is 0 Å². The Balaban J connectivity index is 1.19. The molecule has 0 radical (unpaired) electrons. The number of unbranched alkanes of at least 4 members (excludes halogenated alkanes) is 1. The summed E-state index contributed by atoms with van der Waals surface area (Å²) in [4.78, 5) is 52.5. The lowest BCUT2D eigenvalue weighted by Gasteiger charge is -2.39. The van der Waals surface area contributed by atoms with Crippen LogP contribution in [0.4, 0.5) is 11.6 Å². The summed E-state index contributed by atoms with van der Waals surface area (Å²) in [6, 6.07) is 15.6. The maximum atomic E-state index is 13.0. The van der Waals surface area contributed by atoms with Crippen LogP contribution in [0.2, 0.25) is 5.15 Å². The van der Waals surface area contributed by atoms with Crippen LogP contribution in [0, 0.1) is 0 Å². The summed E-state index contributed by atoms with van der Waals surface area (Å²) < 4.78 is 0. The Hall–Kier alpha value is -4.79. The topological polar surface area (TPSA) is 232 Å². The number of aliphatic carboxylic acids is 1. The Kier molecular flexibility index (Phi) is 13.1. The molecule has 1 atom stereocenters. The summed E-state index contributed by atoms with van der Waals surface area (Å²) in [6.45, 7) is 3.12. The molecular weight excluding hydrogens is 636 g/mol. The van der Waals surface area contributed by atoms with Gasteiger partial charge in [-0.15, -0.1) is 0 Å². The monoisotopic (exact) mass is 678 g/mol. The van der Waals surface area contributed by atoms with E-state index in [1.54, 1.807) is 0 Å². The smallest absolute Gasteiger partial charge is 0.327 e. The van der Waals surface area contributed by atoms with Crippen molar-refractivity contribution in [2.45, 2.75) is 44.6 Å². The fourth-order valence-electron chi connectivity index (χ4n) is 5.45. The highest BCUT2D eigenvalue weighted by molar-refractivity contribution is 6.31. The van der Waals surface area contributed by atoms with Crippen LogP contribution in [-0.4, -0.2) is 93.9 Å². The van der Waals surface area contributed by atoms with E-state index < -0.39 is 17.9 Å². The molecule has 0 bridgehead atoms. The number of rotatable bonds is 14. The first-order chi connectivity index (χ1) is 23.0. The van der Waals surface area contributed by atoms with Crippen molar-refractivity contribution in [2.24, 2.45) is 16.5 Å². The van der Waals surface area contributed by atoms with Crippen molar-refractivity contribution in [1.82, 2.24) is 25.1 Å². The van der Waals surface area contributed by atoms with Crippen LogP contribution in [0.1, 0.15) is 47.3 Å². The molecule has 1 fully saturated rings. The van der Waals surface area contributed by atoms with E-state index >= 15 is 0 Å². The van der Waals surface area contributed by atoms with Crippen molar-refractivity contribution in [1.29, 1.82) is 0 Å². The number of anilines is 2. The third-order valence-electron chi connectivity index (χ3n) is 8.13. The van der Waals surface area contributed by atoms with E-state index in [1.807, 2.05) is 24.3 Å².